The van der Waals surface area contributed by atoms with Gasteiger partial charge < -0.3 is 10.2 Å². The maximum Gasteiger partial charge on any atom is 0.222 e. The van der Waals surface area contributed by atoms with Crippen LogP contribution in [0.4, 0.5) is 5.82 Å². The number of carbonyl (C=O) groups excluding carboxylic acids is 1. The average molecular weight is 332 g/mol. The van der Waals surface area contributed by atoms with Crippen molar-refractivity contribution < 1.29 is 4.79 Å². The lowest BCUT2D eigenvalue weighted by Gasteiger charge is -2.34. The molecule has 1 aliphatic heterocycles. The van der Waals surface area contributed by atoms with Gasteiger partial charge in [0.25, 0.3) is 0 Å². The zero-order valence-corrected chi connectivity index (χ0v) is 14.3. The summed E-state index contributed by atoms with van der Waals surface area (Å²) in [6.07, 6.45) is 2.05. The summed E-state index contributed by atoms with van der Waals surface area (Å²) < 4.78 is 0. The van der Waals surface area contributed by atoms with E-state index in [2.05, 4.69) is 21.3 Å². The van der Waals surface area contributed by atoms with E-state index in [0.717, 1.165) is 42.5 Å². The molecular formula is C18H22ClN3O. The van der Waals surface area contributed by atoms with E-state index < -0.39 is 0 Å². The summed E-state index contributed by atoms with van der Waals surface area (Å²) in [6.45, 7) is 5.55. The van der Waals surface area contributed by atoms with Gasteiger partial charge in [-0.25, -0.2) is 4.98 Å². The minimum absolute atomic E-state index is 0.0126. The van der Waals surface area contributed by atoms with E-state index in [1.807, 2.05) is 38.1 Å². The van der Waals surface area contributed by atoms with Gasteiger partial charge in [0, 0.05) is 30.4 Å². The van der Waals surface area contributed by atoms with Crippen LogP contribution in [-0.2, 0) is 4.79 Å². The summed E-state index contributed by atoms with van der Waals surface area (Å²) in [5.41, 5.74) is 0. The van der Waals surface area contributed by atoms with Gasteiger partial charge in [-0.2, -0.15) is 0 Å². The van der Waals surface area contributed by atoms with E-state index in [4.69, 9.17) is 11.6 Å². The minimum Gasteiger partial charge on any atom is -0.354 e. The second-order valence-corrected chi connectivity index (χ2v) is 6.80. The molecule has 1 amide bonds. The quantitative estimate of drug-likeness (QED) is 0.873. The number of hydrogen-bond donors (Lipinski definition) is 1. The summed E-state index contributed by atoms with van der Waals surface area (Å²) in [6, 6.07) is 10.3. The first-order valence-corrected chi connectivity index (χ1v) is 8.53. The SMILES string of the molecule is CC(C)C(=O)NC1CCCN(c2cc3ccccc3c(Cl)n2)C1. The highest BCUT2D eigenvalue weighted by atomic mass is 35.5. The van der Waals surface area contributed by atoms with E-state index >= 15 is 0 Å². The molecule has 1 aliphatic rings. The molecule has 0 bridgehead atoms. The Morgan fingerprint density at radius 1 is 1.39 bits per heavy atom. The fraction of sp³-hybridized carbons (Fsp3) is 0.444. The molecule has 5 heteroatoms. The molecule has 2 heterocycles. The number of rotatable bonds is 3. The molecule has 122 valence electrons. The average Bonchev–Trinajstić information content (AvgIpc) is 2.55. The van der Waals surface area contributed by atoms with Crippen molar-refractivity contribution in [2.45, 2.75) is 32.7 Å². The van der Waals surface area contributed by atoms with E-state index in [1.54, 1.807) is 0 Å². The molecule has 0 spiro atoms. The van der Waals surface area contributed by atoms with Gasteiger partial charge in [0.15, 0.2) is 0 Å². The summed E-state index contributed by atoms with van der Waals surface area (Å²) in [5.74, 6) is 1.01. The maximum absolute atomic E-state index is 11.9. The lowest BCUT2D eigenvalue weighted by Crippen LogP contribution is -2.49. The number of anilines is 1. The number of carbonyl (C=O) groups is 1. The molecular weight excluding hydrogens is 310 g/mol. The van der Waals surface area contributed by atoms with Crippen molar-refractivity contribution in [1.29, 1.82) is 0 Å². The normalized spacial score (nSPS) is 18.4. The molecule has 1 N–H and O–H groups in total. The van der Waals surface area contributed by atoms with Gasteiger partial charge in [0.05, 0.1) is 0 Å². The van der Waals surface area contributed by atoms with Gasteiger partial charge in [-0.05, 0) is 24.3 Å². The highest BCUT2D eigenvalue weighted by molar-refractivity contribution is 6.34. The molecule has 2 aromatic rings. The van der Waals surface area contributed by atoms with Crippen LogP contribution in [0.2, 0.25) is 5.15 Å². The van der Waals surface area contributed by atoms with Gasteiger partial charge in [0.1, 0.15) is 11.0 Å². The van der Waals surface area contributed by atoms with E-state index in [0.29, 0.717) is 5.15 Å². The number of pyridine rings is 1. The Morgan fingerprint density at radius 2 is 2.17 bits per heavy atom. The highest BCUT2D eigenvalue weighted by Crippen LogP contribution is 2.27. The lowest BCUT2D eigenvalue weighted by atomic mass is 10.0. The van der Waals surface area contributed by atoms with Crippen LogP contribution >= 0.6 is 11.6 Å². The largest absolute Gasteiger partial charge is 0.354 e. The van der Waals surface area contributed by atoms with Gasteiger partial charge >= 0.3 is 0 Å². The third-order valence-corrected chi connectivity index (χ3v) is 4.58. The van der Waals surface area contributed by atoms with Crippen LogP contribution in [0.15, 0.2) is 30.3 Å². The van der Waals surface area contributed by atoms with Crippen LogP contribution in [0.3, 0.4) is 0 Å². The van der Waals surface area contributed by atoms with Crippen molar-refractivity contribution in [3.63, 3.8) is 0 Å². The number of fused-ring (bicyclic) bond motifs is 1. The number of piperidine rings is 1. The number of benzene rings is 1. The molecule has 1 aromatic carbocycles. The van der Waals surface area contributed by atoms with Crippen molar-refractivity contribution >= 4 is 34.1 Å². The topological polar surface area (TPSA) is 45.2 Å². The third-order valence-electron chi connectivity index (χ3n) is 4.30. The van der Waals surface area contributed by atoms with Crippen molar-refractivity contribution in [1.82, 2.24) is 10.3 Å². The van der Waals surface area contributed by atoms with Gasteiger partial charge in [-0.3, -0.25) is 4.79 Å². The molecule has 0 saturated carbocycles. The summed E-state index contributed by atoms with van der Waals surface area (Å²) in [4.78, 5) is 18.7. The number of hydrogen-bond acceptors (Lipinski definition) is 3. The van der Waals surface area contributed by atoms with Crippen LogP contribution in [-0.4, -0.2) is 30.0 Å². The maximum atomic E-state index is 11.9. The second kappa shape index (κ2) is 6.75. The molecule has 0 radical (unpaired) electrons. The third kappa shape index (κ3) is 3.58. The minimum atomic E-state index is 0.0126. The van der Waals surface area contributed by atoms with Crippen LogP contribution in [0.1, 0.15) is 26.7 Å². The number of nitrogens with zero attached hydrogens (tertiary/aromatic N) is 2. The number of halogens is 1. The Kier molecular flexibility index (Phi) is 4.71. The molecule has 1 aromatic heterocycles. The zero-order valence-electron chi connectivity index (χ0n) is 13.6. The molecule has 1 fully saturated rings. The first-order valence-electron chi connectivity index (χ1n) is 8.15. The van der Waals surface area contributed by atoms with Gasteiger partial charge in [-0.15, -0.1) is 0 Å². The van der Waals surface area contributed by atoms with Crippen molar-refractivity contribution in [3.05, 3.63) is 35.5 Å². The Morgan fingerprint density at radius 3 is 2.96 bits per heavy atom. The summed E-state index contributed by atoms with van der Waals surface area (Å²) in [7, 11) is 0. The number of nitrogens with one attached hydrogen (secondary N) is 1. The van der Waals surface area contributed by atoms with Crippen molar-refractivity contribution in [3.8, 4) is 0 Å². The van der Waals surface area contributed by atoms with Crippen LogP contribution in [0.5, 0.6) is 0 Å². The predicted octanol–water partition coefficient (Wildman–Crippen LogP) is 3.63. The summed E-state index contributed by atoms with van der Waals surface area (Å²) in [5, 5.41) is 5.73. The van der Waals surface area contributed by atoms with E-state index in [1.165, 1.54) is 0 Å². The number of aromatic nitrogens is 1. The Hall–Kier alpha value is -1.81. The molecule has 3 rings (SSSR count). The molecule has 1 atom stereocenters. The first-order chi connectivity index (χ1) is 11.0. The smallest absolute Gasteiger partial charge is 0.222 e. The lowest BCUT2D eigenvalue weighted by molar-refractivity contribution is -0.124. The van der Waals surface area contributed by atoms with Gasteiger partial charge in [-0.1, -0.05) is 49.7 Å². The van der Waals surface area contributed by atoms with Crippen LogP contribution in [0.25, 0.3) is 10.8 Å². The molecule has 1 saturated heterocycles. The predicted molar refractivity (Wildman–Crippen MR) is 95.0 cm³/mol. The Bertz CT molecular complexity index is 716. The second-order valence-electron chi connectivity index (χ2n) is 6.44. The molecule has 0 aliphatic carbocycles. The Labute approximate surface area is 141 Å². The Balaban J connectivity index is 1.80. The van der Waals surface area contributed by atoms with Crippen molar-refractivity contribution in [2.75, 3.05) is 18.0 Å². The van der Waals surface area contributed by atoms with Gasteiger partial charge in [0.2, 0.25) is 5.91 Å². The first kappa shape index (κ1) is 16.1. The van der Waals surface area contributed by atoms with Crippen LogP contribution in [0, 0.1) is 5.92 Å². The number of amides is 1. The zero-order chi connectivity index (χ0) is 16.4. The van der Waals surface area contributed by atoms with Crippen molar-refractivity contribution in [2.24, 2.45) is 5.92 Å². The van der Waals surface area contributed by atoms with E-state index in [9.17, 15) is 4.79 Å². The fourth-order valence-electron chi connectivity index (χ4n) is 2.98. The fourth-order valence-corrected chi connectivity index (χ4v) is 3.23. The van der Waals surface area contributed by atoms with Crippen LogP contribution < -0.4 is 10.2 Å². The molecule has 1 unspecified atom stereocenters. The monoisotopic (exact) mass is 331 g/mol. The standard InChI is InChI=1S/C18H22ClN3O/c1-12(2)18(23)20-14-7-5-9-22(11-14)16-10-13-6-3-4-8-15(13)17(19)21-16/h3-4,6,8,10,12,14H,5,7,9,11H2,1-2H3,(H,20,23). The van der Waals surface area contributed by atoms with E-state index in [-0.39, 0.29) is 17.9 Å². The molecule has 23 heavy (non-hydrogen) atoms. The molecule has 4 nitrogen and oxygen atoms in total. The highest BCUT2D eigenvalue weighted by Gasteiger charge is 2.23. The summed E-state index contributed by atoms with van der Waals surface area (Å²) >= 11 is 6.34.